The van der Waals surface area contributed by atoms with Crippen molar-refractivity contribution in [1.29, 1.82) is 0 Å². The lowest BCUT2D eigenvalue weighted by Crippen LogP contribution is -2.26. The van der Waals surface area contributed by atoms with Gasteiger partial charge in [-0.2, -0.15) is 0 Å². The van der Waals surface area contributed by atoms with Crippen LogP contribution in [0.5, 0.6) is 0 Å². The number of nitro benzene ring substituents is 1. The smallest absolute Gasteiger partial charge is 0.289 e. The van der Waals surface area contributed by atoms with Crippen LogP contribution in [0.4, 0.5) is 5.69 Å². The monoisotopic (exact) mass is 328 g/mol. The van der Waals surface area contributed by atoms with Crippen LogP contribution in [0.1, 0.15) is 22.2 Å². The largest absolute Gasteiger partial charge is 0.503 e. The van der Waals surface area contributed by atoms with Gasteiger partial charge >= 0.3 is 0 Å². The molecule has 0 bridgehead atoms. The van der Waals surface area contributed by atoms with Crippen molar-refractivity contribution < 1.29 is 24.0 Å². The molecule has 1 amide bonds. The molecule has 8 nitrogen and oxygen atoms in total. The molecule has 8 heteroatoms. The summed E-state index contributed by atoms with van der Waals surface area (Å²) < 4.78 is 5.05. The average Bonchev–Trinajstić information content (AvgIpc) is 3.18. The highest BCUT2D eigenvalue weighted by Gasteiger charge is 2.42. The summed E-state index contributed by atoms with van der Waals surface area (Å²) in [6, 6.07) is 7.54. The van der Waals surface area contributed by atoms with Crippen LogP contribution in [0.15, 0.2) is 58.4 Å². The number of benzene rings is 1. The summed E-state index contributed by atoms with van der Waals surface area (Å²) >= 11 is 0. The summed E-state index contributed by atoms with van der Waals surface area (Å²) in [4.78, 5) is 36.1. The number of aliphatic hydroxyl groups excluding tert-OH is 1. The quantitative estimate of drug-likeness (QED) is 0.523. The van der Waals surface area contributed by atoms with Crippen LogP contribution in [0.25, 0.3) is 0 Å². The zero-order chi connectivity index (χ0) is 17.4. The number of carbonyl (C=O) groups excluding carboxylic acids is 2. The second-order valence-corrected chi connectivity index (χ2v) is 5.24. The third-order valence-electron chi connectivity index (χ3n) is 3.85. The summed E-state index contributed by atoms with van der Waals surface area (Å²) in [5.74, 6) is -1.97. The molecule has 2 heterocycles. The Kier molecular flexibility index (Phi) is 3.64. The fraction of sp³-hybridized carbons (Fsp3) is 0.125. The molecule has 122 valence electrons. The molecule has 3 rings (SSSR count). The van der Waals surface area contributed by atoms with Crippen LogP contribution < -0.4 is 0 Å². The SMILES string of the molecule is CN1C(=O)C(O)=C(C(=O)c2ccco2)C1c1ccc([N+](=O)[O-])cc1. The van der Waals surface area contributed by atoms with Gasteiger partial charge in [0.15, 0.2) is 11.5 Å². The minimum absolute atomic E-state index is 0.00781. The normalized spacial score (nSPS) is 17.5. The van der Waals surface area contributed by atoms with Gasteiger partial charge in [-0.15, -0.1) is 0 Å². The molecule has 2 aromatic rings. The Hall–Kier alpha value is -3.42. The molecule has 0 radical (unpaired) electrons. The van der Waals surface area contributed by atoms with Crippen molar-refractivity contribution in [3.8, 4) is 0 Å². The van der Waals surface area contributed by atoms with E-state index in [1.54, 1.807) is 0 Å². The van der Waals surface area contributed by atoms with Crippen molar-refractivity contribution >= 4 is 17.4 Å². The van der Waals surface area contributed by atoms with Crippen molar-refractivity contribution in [2.24, 2.45) is 0 Å². The molecule has 1 aromatic heterocycles. The number of nitrogens with zero attached hydrogens (tertiary/aromatic N) is 2. The van der Waals surface area contributed by atoms with Gasteiger partial charge in [-0.25, -0.2) is 0 Å². The number of rotatable bonds is 4. The lowest BCUT2D eigenvalue weighted by atomic mass is 9.95. The van der Waals surface area contributed by atoms with E-state index in [0.29, 0.717) is 5.56 Å². The molecule has 1 N–H and O–H groups in total. The number of carbonyl (C=O) groups is 2. The molecule has 0 fully saturated rings. The van der Waals surface area contributed by atoms with Gasteiger partial charge in [0.2, 0.25) is 5.78 Å². The zero-order valence-corrected chi connectivity index (χ0v) is 12.5. The van der Waals surface area contributed by atoms with Crippen LogP contribution in [0, 0.1) is 10.1 Å². The Morgan fingerprint density at radius 3 is 2.50 bits per heavy atom. The van der Waals surface area contributed by atoms with Gasteiger partial charge in [0.05, 0.1) is 22.8 Å². The van der Waals surface area contributed by atoms with Gasteiger partial charge < -0.3 is 14.4 Å². The number of aliphatic hydroxyl groups is 1. The first-order valence-corrected chi connectivity index (χ1v) is 6.94. The van der Waals surface area contributed by atoms with E-state index >= 15 is 0 Å². The average molecular weight is 328 g/mol. The van der Waals surface area contributed by atoms with Crippen molar-refractivity contribution in [3.63, 3.8) is 0 Å². The standard InChI is InChI=1S/C16H12N2O6/c1-17-13(9-4-6-10(7-5-9)18(22)23)12(15(20)16(17)21)14(19)11-3-2-8-24-11/h2-8,13,20H,1H3. The Morgan fingerprint density at radius 1 is 1.29 bits per heavy atom. The van der Waals surface area contributed by atoms with Crippen LogP contribution in [-0.4, -0.2) is 33.7 Å². The summed E-state index contributed by atoms with van der Waals surface area (Å²) in [5.41, 5.74) is 0.236. The van der Waals surface area contributed by atoms with E-state index in [0.717, 1.165) is 0 Å². The van der Waals surface area contributed by atoms with Crippen molar-refractivity contribution in [3.05, 3.63) is 75.4 Å². The predicted octanol–water partition coefficient (Wildman–Crippen LogP) is 2.40. The Balaban J connectivity index is 2.06. The van der Waals surface area contributed by atoms with E-state index in [9.17, 15) is 24.8 Å². The number of Topliss-reactive ketones (excluding diaryl/α,β-unsaturated/α-hetero) is 1. The number of amides is 1. The number of furan rings is 1. The lowest BCUT2D eigenvalue weighted by Gasteiger charge is -2.22. The molecular weight excluding hydrogens is 316 g/mol. The van der Waals surface area contributed by atoms with Gasteiger partial charge in [0.25, 0.3) is 11.6 Å². The topological polar surface area (TPSA) is 114 Å². The minimum Gasteiger partial charge on any atom is -0.503 e. The van der Waals surface area contributed by atoms with Gasteiger partial charge in [0.1, 0.15) is 0 Å². The molecule has 1 atom stereocenters. The third-order valence-corrected chi connectivity index (χ3v) is 3.85. The highest BCUT2D eigenvalue weighted by Crippen LogP contribution is 2.38. The van der Waals surface area contributed by atoms with Crippen LogP contribution in [0.3, 0.4) is 0 Å². The summed E-state index contributed by atoms with van der Waals surface area (Å²) in [6.07, 6.45) is 1.31. The molecular formula is C16H12N2O6. The van der Waals surface area contributed by atoms with E-state index in [1.165, 1.54) is 54.6 Å². The van der Waals surface area contributed by atoms with E-state index in [-0.39, 0.29) is 17.0 Å². The number of hydrogen-bond acceptors (Lipinski definition) is 6. The van der Waals surface area contributed by atoms with Crippen molar-refractivity contribution in [1.82, 2.24) is 4.90 Å². The van der Waals surface area contributed by atoms with Gasteiger partial charge in [-0.05, 0) is 29.8 Å². The fourth-order valence-corrected chi connectivity index (χ4v) is 2.66. The van der Waals surface area contributed by atoms with Gasteiger partial charge in [0, 0.05) is 19.2 Å². The van der Waals surface area contributed by atoms with E-state index in [1.807, 2.05) is 0 Å². The van der Waals surface area contributed by atoms with Crippen LogP contribution in [0.2, 0.25) is 0 Å². The maximum Gasteiger partial charge on any atom is 0.289 e. The molecule has 24 heavy (non-hydrogen) atoms. The first-order valence-electron chi connectivity index (χ1n) is 6.94. The molecule has 0 saturated carbocycles. The van der Waals surface area contributed by atoms with E-state index in [4.69, 9.17) is 4.42 Å². The zero-order valence-electron chi connectivity index (χ0n) is 12.5. The van der Waals surface area contributed by atoms with Gasteiger partial charge in [-0.3, -0.25) is 19.7 Å². The molecule has 0 saturated heterocycles. The Bertz CT molecular complexity index is 851. The van der Waals surface area contributed by atoms with E-state index in [2.05, 4.69) is 0 Å². The molecule has 0 aliphatic carbocycles. The lowest BCUT2D eigenvalue weighted by molar-refractivity contribution is -0.384. The Labute approximate surface area is 135 Å². The molecule has 1 aliphatic heterocycles. The second kappa shape index (κ2) is 5.65. The first-order chi connectivity index (χ1) is 11.4. The summed E-state index contributed by atoms with van der Waals surface area (Å²) in [5, 5.41) is 20.8. The third kappa shape index (κ3) is 2.34. The van der Waals surface area contributed by atoms with Crippen molar-refractivity contribution in [2.45, 2.75) is 6.04 Å². The number of ketones is 1. The molecule has 0 spiro atoms. The second-order valence-electron chi connectivity index (χ2n) is 5.24. The maximum atomic E-state index is 12.6. The van der Waals surface area contributed by atoms with Crippen molar-refractivity contribution in [2.75, 3.05) is 7.05 Å². The minimum atomic E-state index is -0.851. The predicted molar refractivity (Wildman–Crippen MR) is 81.3 cm³/mol. The number of likely N-dealkylation sites (N-methyl/N-ethyl adjacent to an activating group) is 1. The molecule has 1 aromatic carbocycles. The summed E-state index contributed by atoms with van der Waals surface area (Å²) in [6.45, 7) is 0. The highest BCUT2D eigenvalue weighted by molar-refractivity contribution is 6.14. The highest BCUT2D eigenvalue weighted by atomic mass is 16.6. The number of hydrogen-bond donors (Lipinski definition) is 1. The maximum absolute atomic E-state index is 12.6. The fourth-order valence-electron chi connectivity index (χ4n) is 2.66. The first kappa shape index (κ1) is 15.5. The van der Waals surface area contributed by atoms with Crippen LogP contribution >= 0.6 is 0 Å². The molecule has 1 unspecified atom stereocenters. The Morgan fingerprint density at radius 2 is 1.96 bits per heavy atom. The molecule has 1 aliphatic rings. The van der Waals surface area contributed by atoms with Gasteiger partial charge in [-0.1, -0.05) is 0 Å². The van der Waals surface area contributed by atoms with E-state index < -0.39 is 28.4 Å². The summed E-state index contributed by atoms with van der Waals surface area (Å²) in [7, 11) is 1.44. The number of non-ortho nitro benzene ring substituents is 1. The van der Waals surface area contributed by atoms with Crippen LogP contribution in [-0.2, 0) is 4.79 Å². The number of nitro groups is 1.